The molecule has 0 amide bonds. The molecule has 5 heteroatoms. The van der Waals surface area contributed by atoms with Crippen molar-refractivity contribution in [2.45, 2.75) is 6.29 Å². The first-order valence-corrected chi connectivity index (χ1v) is 5.45. The lowest BCUT2D eigenvalue weighted by Crippen LogP contribution is -2.28. The van der Waals surface area contributed by atoms with Crippen molar-refractivity contribution >= 4 is 5.76 Å². The number of hydrogen-bond acceptors (Lipinski definition) is 5. The number of fused-ring (bicyclic) bond motifs is 1. The van der Waals surface area contributed by atoms with Crippen molar-refractivity contribution < 1.29 is 23.7 Å². The Balaban J connectivity index is 2.63. The van der Waals surface area contributed by atoms with E-state index in [9.17, 15) is 0 Å². The molecular formula is C13H16O5. The monoisotopic (exact) mass is 252 g/mol. The zero-order valence-corrected chi connectivity index (χ0v) is 10.9. The standard InChI is InChI=1S/C13H16O5/c1-14-8-6-5-7-9-10(8)11(15-2)12(16-3)13(17-4)18-9/h5-7,13H,1-4H3. The SMILES string of the molecule is COC1=C(OC)C(OC)Oc2cccc(OC)c21. The highest BCUT2D eigenvalue weighted by molar-refractivity contribution is 5.74. The molecule has 0 radical (unpaired) electrons. The lowest BCUT2D eigenvalue weighted by Gasteiger charge is -2.28. The second kappa shape index (κ2) is 5.18. The molecule has 98 valence electrons. The lowest BCUT2D eigenvalue weighted by atomic mass is 10.1. The Morgan fingerprint density at radius 3 is 2.33 bits per heavy atom. The van der Waals surface area contributed by atoms with Crippen molar-refractivity contribution in [2.75, 3.05) is 28.4 Å². The summed E-state index contributed by atoms with van der Waals surface area (Å²) in [4.78, 5) is 0. The van der Waals surface area contributed by atoms with E-state index in [2.05, 4.69) is 0 Å². The molecule has 1 aromatic carbocycles. The van der Waals surface area contributed by atoms with Crippen LogP contribution in [0.2, 0.25) is 0 Å². The average Bonchev–Trinajstić information content (AvgIpc) is 2.43. The van der Waals surface area contributed by atoms with Gasteiger partial charge in [-0.25, -0.2) is 0 Å². The van der Waals surface area contributed by atoms with Gasteiger partial charge in [-0.1, -0.05) is 6.07 Å². The summed E-state index contributed by atoms with van der Waals surface area (Å²) < 4.78 is 27.0. The maximum absolute atomic E-state index is 5.69. The van der Waals surface area contributed by atoms with Crippen LogP contribution in [-0.4, -0.2) is 34.7 Å². The van der Waals surface area contributed by atoms with Crippen molar-refractivity contribution in [1.29, 1.82) is 0 Å². The van der Waals surface area contributed by atoms with Gasteiger partial charge in [0.2, 0.25) is 5.76 Å². The first-order valence-electron chi connectivity index (χ1n) is 5.45. The molecule has 1 atom stereocenters. The summed E-state index contributed by atoms with van der Waals surface area (Å²) >= 11 is 0. The van der Waals surface area contributed by atoms with Crippen LogP contribution in [-0.2, 0) is 14.2 Å². The van der Waals surface area contributed by atoms with E-state index >= 15 is 0 Å². The maximum Gasteiger partial charge on any atom is 0.262 e. The molecule has 0 fully saturated rings. The number of rotatable bonds is 4. The van der Waals surface area contributed by atoms with Gasteiger partial charge in [0, 0.05) is 7.11 Å². The van der Waals surface area contributed by atoms with Gasteiger partial charge in [0.25, 0.3) is 6.29 Å². The summed E-state index contributed by atoms with van der Waals surface area (Å²) in [5.41, 5.74) is 0.729. The number of hydrogen-bond donors (Lipinski definition) is 0. The number of ether oxygens (including phenoxy) is 5. The third-order valence-corrected chi connectivity index (χ3v) is 2.74. The smallest absolute Gasteiger partial charge is 0.262 e. The zero-order chi connectivity index (χ0) is 13.1. The normalized spacial score (nSPS) is 17.9. The van der Waals surface area contributed by atoms with Crippen LogP contribution >= 0.6 is 0 Å². The molecule has 0 saturated carbocycles. The van der Waals surface area contributed by atoms with Gasteiger partial charge in [0.1, 0.15) is 17.1 Å². The molecule has 5 nitrogen and oxygen atoms in total. The van der Waals surface area contributed by atoms with Crippen LogP contribution in [0.5, 0.6) is 11.5 Å². The van der Waals surface area contributed by atoms with Crippen LogP contribution in [0.25, 0.3) is 5.76 Å². The van der Waals surface area contributed by atoms with Crippen LogP contribution in [0.1, 0.15) is 5.56 Å². The minimum atomic E-state index is -0.621. The van der Waals surface area contributed by atoms with Gasteiger partial charge in [0.05, 0.1) is 21.3 Å². The topological polar surface area (TPSA) is 46.2 Å². The van der Waals surface area contributed by atoms with Gasteiger partial charge in [-0.2, -0.15) is 0 Å². The summed E-state index contributed by atoms with van der Waals surface area (Å²) in [6.45, 7) is 0. The molecule has 1 heterocycles. The summed E-state index contributed by atoms with van der Waals surface area (Å²) in [5, 5.41) is 0. The van der Waals surface area contributed by atoms with Crippen molar-refractivity contribution in [1.82, 2.24) is 0 Å². The minimum absolute atomic E-state index is 0.483. The Kier molecular flexibility index (Phi) is 3.62. The Morgan fingerprint density at radius 1 is 1.00 bits per heavy atom. The van der Waals surface area contributed by atoms with E-state index in [1.165, 1.54) is 0 Å². The third-order valence-electron chi connectivity index (χ3n) is 2.74. The summed E-state index contributed by atoms with van der Waals surface area (Å²) in [6, 6.07) is 5.51. The van der Waals surface area contributed by atoms with Crippen molar-refractivity contribution in [2.24, 2.45) is 0 Å². The second-order valence-electron chi connectivity index (χ2n) is 3.62. The second-order valence-corrected chi connectivity index (χ2v) is 3.62. The first kappa shape index (κ1) is 12.6. The molecule has 1 unspecified atom stereocenters. The van der Waals surface area contributed by atoms with Gasteiger partial charge >= 0.3 is 0 Å². The number of benzene rings is 1. The molecule has 1 aromatic rings. The van der Waals surface area contributed by atoms with Gasteiger partial charge < -0.3 is 23.7 Å². The third kappa shape index (κ3) is 1.86. The fourth-order valence-electron chi connectivity index (χ4n) is 1.95. The molecule has 0 aliphatic carbocycles. The minimum Gasteiger partial charge on any atom is -0.496 e. The van der Waals surface area contributed by atoms with E-state index in [0.717, 1.165) is 5.56 Å². The van der Waals surface area contributed by atoms with Crippen LogP contribution in [0, 0.1) is 0 Å². The molecule has 0 N–H and O–H groups in total. The van der Waals surface area contributed by atoms with E-state index < -0.39 is 6.29 Å². The van der Waals surface area contributed by atoms with Crippen LogP contribution in [0.15, 0.2) is 24.0 Å². The first-order chi connectivity index (χ1) is 8.76. The Labute approximate surface area is 106 Å². The lowest BCUT2D eigenvalue weighted by molar-refractivity contribution is -0.0615. The highest BCUT2D eigenvalue weighted by Crippen LogP contribution is 2.42. The largest absolute Gasteiger partial charge is 0.496 e. The Morgan fingerprint density at radius 2 is 1.78 bits per heavy atom. The molecular weight excluding hydrogens is 236 g/mol. The summed E-state index contributed by atoms with van der Waals surface area (Å²) in [6.07, 6.45) is -0.621. The highest BCUT2D eigenvalue weighted by atomic mass is 16.7. The fraction of sp³-hybridized carbons (Fsp3) is 0.385. The van der Waals surface area contributed by atoms with E-state index in [-0.39, 0.29) is 0 Å². The van der Waals surface area contributed by atoms with E-state index in [0.29, 0.717) is 23.0 Å². The van der Waals surface area contributed by atoms with Crippen LogP contribution in [0.4, 0.5) is 0 Å². The van der Waals surface area contributed by atoms with Gasteiger partial charge in [-0.15, -0.1) is 0 Å². The Bertz CT molecular complexity index is 466. The van der Waals surface area contributed by atoms with Crippen LogP contribution < -0.4 is 9.47 Å². The van der Waals surface area contributed by atoms with Gasteiger partial charge in [-0.3, -0.25) is 0 Å². The van der Waals surface area contributed by atoms with Crippen molar-refractivity contribution in [3.05, 3.63) is 29.5 Å². The summed E-state index contributed by atoms with van der Waals surface area (Å²) in [7, 11) is 6.26. The average molecular weight is 252 g/mol. The molecule has 0 bridgehead atoms. The number of methoxy groups -OCH3 is 4. The fourth-order valence-corrected chi connectivity index (χ4v) is 1.95. The van der Waals surface area contributed by atoms with Crippen LogP contribution in [0.3, 0.4) is 0 Å². The maximum atomic E-state index is 5.69. The predicted octanol–water partition coefficient (Wildman–Crippen LogP) is 2.02. The molecule has 0 spiro atoms. The molecule has 18 heavy (non-hydrogen) atoms. The van der Waals surface area contributed by atoms with Crippen molar-refractivity contribution in [3.63, 3.8) is 0 Å². The quantitative estimate of drug-likeness (QED) is 0.820. The summed E-state index contributed by atoms with van der Waals surface area (Å²) in [5.74, 6) is 2.34. The van der Waals surface area contributed by atoms with Crippen molar-refractivity contribution in [3.8, 4) is 11.5 Å². The van der Waals surface area contributed by atoms with E-state index in [1.54, 1.807) is 28.4 Å². The predicted molar refractivity (Wildman–Crippen MR) is 65.4 cm³/mol. The molecule has 1 aliphatic rings. The van der Waals surface area contributed by atoms with Gasteiger partial charge in [-0.05, 0) is 12.1 Å². The highest BCUT2D eigenvalue weighted by Gasteiger charge is 2.33. The van der Waals surface area contributed by atoms with E-state index in [1.807, 2.05) is 18.2 Å². The Hall–Kier alpha value is -1.88. The molecule has 1 aliphatic heterocycles. The van der Waals surface area contributed by atoms with Gasteiger partial charge in [0.15, 0.2) is 5.76 Å². The molecule has 0 aromatic heterocycles. The molecule has 2 rings (SSSR count). The zero-order valence-electron chi connectivity index (χ0n) is 10.9. The molecule has 0 saturated heterocycles. The van der Waals surface area contributed by atoms with E-state index in [4.69, 9.17) is 23.7 Å².